The average molecular weight is 329 g/mol. The van der Waals surface area contributed by atoms with Crippen LogP contribution in [0.2, 0.25) is 0 Å². The highest BCUT2D eigenvalue weighted by Gasteiger charge is 2.21. The van der Waals surface area contributed by atoms with Gasteiger partial charge < -0.3 is 10.0 Å². The highest BCUT2D eigenvalue weighted by molar-refractivity contribution is 7.56. The average Bonchev–Trinajstić information content (AvgIpc) is 2.42. The van der Waals surface area contributed by atoms with Gasteiger partial charge in [0.1, 0.15) is 5.75 Å². The molecular formula is C20H28NOP. The van der Waals surface area contributed by atoms with E-state index < -0.39 is 0 Å². The Balaban J connectivity index is 2.52. The van der Waals surface area contributed by atoms with Crippen LogP contribution in [0.5, 0.6) is 5.75 Å². The Morgan fingerprint density at radius 3 is 2.13 bits per heavy atom. The van der Waals surface area contributed by atoms with Gasteiger partial charge in [0.25, 0.3) is 0 Å². The molecule has 0 spiro atoms. The number of hydrogen-bond donors (Lipinski definition) is 1. The van der Waals surface area contributed by atoms with Gasteiger partial charge in [-0.05, 0) is 42.5 Å². The Labute approximate surface area is 142 Å². The first-order chi connectivity index (χ1) is 10.6. The third kappa shape index (κ3) is 4.06. The SMILES string of the molecule is Cc1ccc(Pc2cc(C)cc(C(C)(C)C)c2O)c(N(C)C)c1. The predicted molar refractivity (Wildman–Crippen MR) is 105 cm³/mol. The molecule has 3 heteroatoms. The zero-order valence-electron chi connectivity index (χ0n) is 15.3. The van der Waals surface area contributed by atoms with Crippen molar-refractivity contribution in [2.75, 3.05) is 19.0 Å². The summed E-state index contributed by atoms with van der Waals surface area (Å²) >= 11 is 0. The van der Waals surface area contributed by atoms with E-state index in [0.717, 1.165) is 10.9 Å². The van der Waals surface area contributed by atoms with Crippen molar-refractivity contribution in [3.63, 3.8) is 0 Å². The molecule has 0 heterocycles. The predicted octanol–water partition coefficient (Wildman–Crippen LogP) is 4.00. The van der Waals surface area contributed by atoms with Crippen LogP contribution in [0.1, 0.15) is 37.5 Å². The van der Waals surface area contributed by atoms with Crippen molar-refractivity contribution in [3.05, 3.63) is 47.0 Å². The molecule has 0 saturated carbocycles. The molecule has 0 aliphatic heterocycles. The maximum absolute atomic E-state index is 10.8. The van der Waals surface area contributed by atoms with E-state index in [1.165, 1.54) is 22.1 Å². The number of anilines is 1. The number of phenols is 1. The molecule has 2 nitrogen and oxygen atoms in total. The summed E-state index contributed by atoms with van der Waals surface area (Å²) in [4.78, 5) is 2.15. The molecule has 2 aromatic rings. The molecule has 2 aromatic carbocycles. The summed E-state index contributed by atoms with van der Waals surface area (Å²) in [6.07, 6.45) is 0. The third-order valence-corrected chi connectivity index (χ3v) is 5.31. The second kappa shape index (κ2) is 6.53. The second-order valence-electron chi connectivity index (χ2n) is 7.50. The zero-order valence-corrected chi connectivity index (χ0v) is 16.3. The molecule has 23 heavy (non-hydrogen) atoms. The summed E-state index contributed by atoms with van der Waals surface area (Å²) in [5, 5.41) is 13.1. The van der Waals surface area contributed by atoms with Crippen molar-refractivity contribution in [2.45, 2.75) is 40.0 Å². The van der Waals surface area contributed by atoms with Crippen LogP contribution in [0.4, 0.5) is 5.69 Å². The molecule has 0 amide bonds. The minimum Gasteiger partial charge on any atom is -0.507 e. The number of rotatable bonds is 3. The summed E-state index contributed by atoms with van der Waals surface area (Å²) in [5.41, 5.74) is 4.65. The second-order valence-corrected chi connectivity index (χ2v) is 8.83. The number of nitrogens with zero attached hydrogens (tertiary/aromatic N) is 1. The Morgan fingerprint density at radius 1 is 0.913 bits per heavy atom. The topological polar surface area (TPSA) is 23.5 Å². The van der Waals surface area contributed by atoms with Crippen molar-refractivity contribution in [2.24, 2.45) is 0 Å². The van der Waals surface area contributed by atoms with E-state index in [1.807, 2.05) is 0 Å². The van der Waals surface area contributed by atoms with E-state index in [1.54, 1.807) is 0 Å². The Kier molecular flexibility index (Phi) is 5.06. The molecule has 0 fully saturated rings. The molecular weight excluding hydrogens is 301 g/mol. The van der Waals surface area contributed by atoms with Gasteiger partial charge in [-0.1, -0.05) is 47.6 Å². The van der Waals surface area contributed by atoms with Crippen LogP contribution < -0.4 is 15.5 Å². The fraction of sp³-hybridized carbons (Fsp3) is 0.400. The molecule has 0 radical (unpaired) electrons. The molecule has 124 valence electrons. The summed E-state index contributed by atoms with van der Waals surface area (Å²) in [6.45, 7) is 10.6. The molecule has 1 unspecified atom stereocenters. The first-order valence-electron chi connectivity index (χ1n) is 7.98. The highest BCUT2D eigenvalue weighted by Crippen LogP contribution is 2.34. The normalized spacial score (nSPS) is 12.1. The summed E-state index contributed by atoms with van der Waals surface area (Å²) in [7, 11) is 4.58. The quantitative estimate of drug-likeness (QED) is 0.860. The standard InChI is InChI=1S/C20H28NOP/c1-13-8-9-17(16(11-13)21(6)7)23-18-12-14(2)10-15(19(18)22)20(3,4)5/h8-12,22-23H,1-7H3. The summed E-state index contributed by atoms with van der Waals surface area (Å²) in [6, 6.07) is 10.8. The number of phenolic OH excluding ortho intramolecular Hbond substituents is 1. The Bertz CT molecular complexity index is 714. The molecule has 0 saturated heterocycles. The van der Waals surface area contributed by atoms with Crippen LogP contribution in [0.3, 0.4) is 0 Å². The van der Waals surface area contributed by atoms with Crippen molar-refractivity contribution in [3.8, 4) is 5.75 Å². The smallest absolute Gasteiger partial charge is 0.127 e. The lowest BCUT2D eigenvalue weighted by Gasteiger charge is -2.24. The lowest BCUT2D eigenvalue weighted by molar-refractivity contribution is 0.450. The van der Waals surface area contributed by atoms with Crippen LogP contribution in [0, 0.1) is 13.8 Å². The molecule has 2 rings (SSSR count). The van der Waals surface area contributed by atoms with Crippen molar-refractivity contribution >= 4 is 24.9 Å². The minimum atomic E-state index is -0.0625. The first kappa shape index (κ1) is 17.8. The van der Waals surface area contributed by atoms with Gasteiger partial charge in [0, 0.05) is 36.0 Å². The Hall–Kier alpha value is -1.53. The van der Waals surface area contributed by atoms with Gasteiger partial charge in [-0.2, -0.15) is 0 Å². The number of aryl methyl sites for hydroxylation is 2. The number of hydrogen-bond acceptors (Lipinski definition) is 2. The van der Waals surface area contributed by atoms with Crippen molar-refractivity contribution < 1.29 is 5.11 Å². The number of aromatic hydroxyl groups is 1. The molecule has 0 aliphatic carbocycles. The lowest BCUT2D eigenvalue weighted by Crippen LogP contribution is -2.20. The highest BCUT2D eigenvalue weighted by atomic mass is 31.1. The minimum absolute atomic E-state index is 0.0625. The third-order valence-electron chi connectivity index (χ3n) is 3.97. The first-order valence-corrected chi connectivity index (χ1v) is 8.98. The largest absolute Gasteiger partial charge is 0.507 e. The van der Waals surface area contributed by atoms with E-state index in [2.05, 4.69) is 83.9 Å². The van der Waals surface area contributed by atoms with Crippen LogP contribution in [-0.4, -0.2) is 19.2 Å². The lowest BCUT2D eigenvalue weighted by atomic mass is 9.85. The Morgan fingerprint density at radius 2 is 1.57 bits per heavy atom. The molecule has 1 atom stereocenters. The van der Waals surface area contributed by atoms with E-state index in [9.17, 15) is 5.11 Å². The molecule has 0 bridgehead atoms. The monoisotopic (exact) mass is 329 g/mol. The molecule has 0 aliphatic rings. The van der Waals surface area contributed by atoms with E-state index in [-0.39, 0.29) is 5.41 Å². The van der Waals surface area contributed by atoms with Crippen LogP contribution in [-0.2, 0) is 5.41 Å². The summed E-state index contributed by atoms with van der Waals surface area (Å²) in [5.74, 6) is 0.451. The van der Waals surface area contributed by atoms with Gasteiger partial charge in [-0.25, -0.2) is 0 Å². The van der Waals surface area contributed by atoms with Crippen molar-refractivity contribution in [1.29, 1.82) is 0 Å². The maximum atomic E-state index is 10.8. The zero-order chi connectivity index (χ0) is 17.4. The van der Waals surface area contributed by atoms with Gasteiger partial charge in [0.15, 0.2) is 0 Å². The van der Waals surface area contributed by atoms with Gasteiger partial charge in [0.05, 0.1) is 0 Å². The maximum Gasteiger partial charge on any atom is 0.127 e. The van der Waals surface area contributed by atoms with Crippen LogP contribution >= 0.6 is 8.58 Å². The number of benzene rings is 2. The van der Waals surface area contributed by atoms with Crippen molar-refractivity contribution in [1.82, 2.24) is 0 Å². The summed E-state index contributed by atoms with van der Waals surface area (Å²) < 4.78 is 0. The fourth-order valence-electron chi connectivity index (χ4n) is 2.71. The molecule has 0 aromatic heterocycles. The van der Waals surface area contributed by atoms with Crippen LogP contribution in [0.15, 0.2) is 30.3 Å². The van der Waals surface area contributed by atoms with Gasteiger partial charge >= 0.3 is 0 Å². The van der Waals surface area contributed by atoms with Gasteiger partial charge in [-0.15, -0.1) is 0 Å². The van der Waals surface area contributed by atoms with E-state index >= 15 is 0 Å². The van der Waals surface area contributed by atoms with E-state index in [4.69, 9.17) is 0 Å². The van der Waals surface area contributed by atoms with Gasteiger partial charge in [-0.3, -0.25) is 0 Å². The van der Waals surface area contributed by atoms with Crippen LogP contribution in [0.25, 0.3) is 0 Å². The fourth-order valence-corrected chi connectivity index (χ4v) is 4.14. The van der Waals surface area contributed by atoms with E-state index in [0.29, 0.717) is 14.3 Å². The van der Waals surface area contributed by atoms with Gasteiger partial charge in [0.2, 0.25) is 0 Å². The molecule has 1 N–H and O–H groups in total.